The number of guanidine groups is 1. The molecule has 5 nitrogen and oxygen atoms in total. The molecule has 29 heavy (non-hydrogen) atoms. The van der Waals surface area contributed by atoms with E-state index in [9.17, 15) is 0 Å². The number of hydrogen-bond donors (Lipinski definition) is 1. The molecule has 1 saturated carbocycles. The molecule has 2 aliphatic rings. The molecular weight excluding hydrogens is 473 g/mol. The third kappa shape index (κ3) is 4.78. The number of hydrogen-bond acceptors (Lipinski definition) is 2. The Morgan fingerprint density at radius 2 is 2.10 bits per heavy atom. The second kappa shape index (κ2) is 9.49. The van der Waals surface area contributed by atoms with Gasteiger partial charge in [-0.05, 0) is 50.2 Å². The Kier molecular flexibility index (Phi) is 7.24. The van der Waals surface area contributed by atoms with Gasteiger partial charge in [0.1, 0.15) is 0 Å². The number of aliphatic imine (C=N–C) groups is 1. The second-order valence-electron chi connectivity index (χ2n) is 8.55. The van der Waals surface area contributed by atoms with Crippen LogP contribution in [-0.4, -0.2) is 46.6 Å². The minimum atomic E-state index is 0. The fourth-order valence-electron chi connectivity index (χ4n) is 4.58. The van der Waals surface area contributed by atoms with Crippen LogP contribution >= 0.6 is 24.0 Å². The molecule has 0 bridgehead atoms. The van der Waals surface area contributed by atoms with Crippen LogP contribution < -0.4 is 5.32 Å². The average molecular weight is 507 g/mol. The van der Waals surface area contributed by atoms with Crippen molar-refractivity contribution in [1.82, 2.24) is 19.8 Å². The number of rotatable bonds is 5. The first-order valence-corrected chi connectivity index (χ1v) is 10.7. The van der Waals surface area contributed by atoms with E-state index in [0.717, 1.165) is 32.1 Å². The molecule has 1 aliphatic carbocycles. The molecule has 1 saturated heterocycles. The van der Waals surface area contributed by atoms with Crippen LogP contribution in [0, 0.1) is 12.8 Å². The molecule has 4 rings (SSSR count). The summed E-state index contributed by atoms with van der Waals surface area (Å²) in [6, 6.07) is 9.27. The van der Waals surface area contributed by atoms with Crippen molar-refractivity contribution < 1.29 is 0 Å². The number of nitrogens with zero attached hydrogens (tertiary/aromatic N) is 4. The Morgan fingerprint density at radius 3 is 2.76 bits per heavy atom. The molecule has 2 unspecified atom stereocenters. The van der Waals surface area contributed by atoms with Crippen molar-refractivity contribution in [1.29, 1.82) is 0 Å². The van der Waals surface area contributed by atoms with Gasteiger partial charge in [0.15, 0.2) is 5.96 Å². The molecule has 0 radical (unpaired) electrons. The Bertz CT molecular complexity index is 812. The Morgan fingerprint density at radius 1 is 1.31 bits per heavy atom. The summed E-state index contributed by atoms with van der Waals surface area (Å²) in [5.74, 6) is 1.72. The lowest BCUT2D eigenvalue weighted by Gasteiger charge is -2.39. The maximum Gasteiger partial charge on any atom is 0.194 e. The lowest BCUT2D eigenvalue weighted by molar-refractivity contribution is 0.189. The molecule has 0 spiro atoms. The van der Waals surface area contributed by atoms with Gasteiger partial charge in [0.05, 0.1) is 18.9 Å². The van der Waals surface area contributed by atoms with Gasteiger partial charge in [-0.2, -0.15) is 0 Å². The molecule has 1 aromatic heterocycles. The predicted octanol–water partition coefficient (Wildman–Crippen LogP) is 4.39. The van der Waals surface area contributed by atoms with Gasteiger partial charge >= 0.3 is 0 Å². The van der Waals surface area contributed by atoms with Crippen LogP contribution in [0.2, 0.25) is 0 Å². The third-order valence-electron chi connectivity index (χ3n) is 6.56. The van der Waals surface area contributed by atoms with Crippen LogP contribution in [0.15, 0.2) is 48.0 Å². The highest BCUT2D eigenvalue weighted by Crippen LogP contribution is 2.49. The number of nitrogens with one attached hydrogen (secondary N) is 1. The smallest absolute Gasteiger partial charge is 0.194 e. The van der Waals surface area contributed by atoms with Crippen LogP contribution in [0.1, 0.15) is 50.3 Å². The quantitative estimate of drug-likeness (QED) is 0.371. The minimum Gasteiger partial charge on any atom is -0.357 e. The summed E-state index contributed by atoms with van der Waals surface area (Å²) >= 11 is 0. The molecular formula is C23H34IN5. The lowest BCUT2D eigenvalue weighted by Crippen LogP contribution is -2.49. The first-order valence-electron chi connectivity index (χ1n) is 10.7. The largest absolute Gasteiger partial charge is 0.357 e. The topological polar surface area (TPSA) is 45.5 Å². The third-order valence-corrected chi connectivity index (χ3v) is 6.56. The van der Waals surface area contributed by atoms with Gasteiger partial charge in [-0.3, -0.25) is 4.99 Å². The van der Waals surface area contributed by atoms with Gasteiger partial charge in [-0.1, -0.05) is 31.2 Å². The Labute approximate surface area is 192 Å². The first-order chi connectivity index (χ1) is 13.6. The fraction of sp³-hybridized carbons (Fsp3) is 0.565. The number of likely N-dealkylation sites (tertiary alicyclic amines) is 1. The van der Waals surface area contributed by atoms with Gasteiger partial charge in [0, 0.05) is 37.4 Å². The van der Waals surface area contributed by atoms with Crippen molar-refractivity contribution in [3.05, 3.63) is 54.1 Å². The zero-order chi connectivity index (χ0) is 19.6. The summed E-state index contributed by atoms with van der Waals surface area (Å²) in [6.07, 6.45) is 9.59. The number of aromatic nitrogens is 2. The molecule has 2 aromatic rings. The second-order valence-corrected chi connectivity index (χ2v) is 8.55. The van der Waals surface area contributed by atoms with Crippen LogP contribution in [-0.2, 0) is 5.41 Å². The van der Waals surface area contributed by atoms with Crippen LogP contribution in [0.4, 0.5) is 0 Å². The Balaban J connectivity index is 0.00000240. The van der Waals surface area contributed by atoms with E-state index in [-0.39, 0.29) is 29.4 Å². The number of benzene rings is 1. The summed E-state index contributed by atoms with van der Waals surface area (Å²) in [7, 11) is 0. The summed E-state index contributed by atoms with van der Waals surface area (Å²) in [4.78, 5) is 11.8. The summed E-state index contributed by atoms with van der Waals surface area (Å²) in [6.45, 7) is 10.6. The zero-order valence-electron chi connectivity index (χ0n) is 17.8. The van der Waals surface area contributed by atoms with Crippen molar-refractivity contribution >= 4 is 29.9 Å². The van der Waals surface area contributed by atoms with E-state index in [1.165, 1.54) is 30.4 Å². The average Bonchev–Trinajstić information content (AvgIpc) is 3.28. The van der Waals surface area contributed by atoms with E-state index >= 15 is 0 Å². The highest BCUT2D eigenvalue weighted by Gasteiger charge is 2.45. The van der Waals surface area contributed by atoms with Crippen molar-refractivity contribution in [2.75, 3.05) is 26.2 Å². The fourth-order valence-corrected chi connectivity index (χ4v) is 4.58. The lowest BCUT2D eigenvalue weighted by atomic mass is 9.92. The number of halogens is 1. The van der Waals surface area contributed by atoms with E-state index in [0.29, 0.717) is 12.0 Å². The zero-order valence-corrected chi connectivity index (χ0v) is 20.2. The van der Waals surface area contributed by atoms with E-state index in [1.54, 1.807) is 0 Å². The van der Waals surface area contributed by atoms with E-state index < -0.39 is 0 Å². The van der Waals surface area contributed by atoms with E-state index in [2.05, 4.69) is 71.0 Å². The molecule has 2 heterocycles. The maximum absolute atomic E-state index is 5.14. The number of imidazole rings is 1. The van der Waals surface area contributed by atoms with Crippen molar-refractivity contribution in [2.24, 2.45) is 10.9 Å². The normalized spacial score (nSPS) is 23.4. The van der Waals surface area contributed by atoms with Crippen molar-refractivity contribution in [3.8, 4) is 0 Å². The highest BCUT2D eigenvalue weighted by atomic mass is 127. The first kappa shape index (κ1) is 22.1. The molecule has 1 aromatic carbocycles. The molecule has 6 heteroatoms. The van der Waals surface area contributed by atoms with Crippen LogP contribution in [0.25, 0.3) is 0 Å². The molecule has 2 atom stereocenters. The molecule has 158 valence electrons. The number of piperidine rings is 1. The molecule has 2 fully saturated rings. The van der Waals surface area contributed by atoms with E-state index in [1.807, 2.05) is 12.5 Å². The van der Waals surface area contributed by atoms with Gasteiger partial charge in [0.2, 0.25) is 0 Å². The molecule has 1 N–H and O–H groups in total. The SMILES string of the molecule is CCNC(=NCC1(c2ccccc2C)CC1)N1CCC(C)C(n2ccnc2)C1.I. The summed E-state index contributed by atoms with van der Waals surface area (Å²) in [5, 5.41) is 3.55. The summed E-state index contributed by atoms with van der Waals surface area (Å²) < 4.78 is 2.26. The van der Waals surface area contributed by atoms with Gasteiger partial charge in [0.25, 0.3) is 0 Å². The monoisotopic (exact) mass is 507 g/mol. The van der Waals surface area contributed by atoms with Crippen LogP contribution in [0.5, 0.6) is 0 Å². The minimum absolute atomic E-state index is 0. The standard InChI is InChI=1S/C23H33N5.HI/c1-4-25-22(26-16-23(10-11-23)20-8-6-5-7-18(20)2)27-13-9-19(3)21(15-27)28-14-12-24-17-28;/h5-8,12,14,17,19,21H,4,9-11,13,15-16H2,1-3H3,(H,25,26);1H. The number of aryl methyl sites for hydroxylation is 1. The molecule has 0 amide bonds. The van der Waals surface area contributed by atoms with Crippen molar-refractivity contribution in [3.63, 3.8) is 0 Å². The maximum atomic E-state index is 5.14. The molecule has 1 aliphatic heterocycles. The van der Waals surface area contributed by atoms with E-state index in [4.69, 9.17) is 4.99 Å². The van der Waals surface area contributed by atoms with Crippen molar-refractivity contribution in [2.45, 2.75) is 51.5 Å². The highest BCUT2D eigenvalue weighted by molar-refractivity contribution is 14.0. The van der Waals surface area contributed by atoms with Gasteiger partial charge in [-0.25, -0.2) is 4.98 Å². The predicted molar refractivity (Wildman–Crippen MR) is 130 cm³/mol. The van der Waals surface area contributed by atoms with Gasteiger partial charge < -0.3 is 14.8 Å². The Hall–Kier alpha value is -1.57. The van der Waals surface area contributed by atoms with Gasteiger partial charge in [-0.15, -0.1) is 24.0 Å². The summed E-state index contributed by atoms with van der Waals surface area (Å²) in [5.41, 5.74) is 3.13. The van der Waals surface area contributed by atoms with Crippen LogP contribution in [0.3, 0.4) is 0 Å².